The summed E-state index contributed by atoms with van der Waals surface area (Å²) in [5.41, 5.74) is 7.22. The molecule has 4 unspecified atom stereocenters. The van der Waals surface area contributed by atoms with Gasteiger partial charge in [-0.1, -0.05) is 120 Å². The molecule has 0 amide bonds. The van der Waals surface area contributed by atoms with Gasteiger partial charge < -0.3 is 9.47 Å². The lowest BCUT2D eigenvalue weighted by Gasteiger charge is -2.24. The second kappa shape index (κ2) is 17.8. The molecule has 0 aliphatic heterocycles. The zero-order valence-corrected chi connectivity index (χ0v) is 27.3. The molecular formula is C40H46N2O4. The summed E-state index contributed by atoms with van der Waals surface area (Å²) in [6.07, 6.45) is 3.95. The first kappa shape index (κ1) is 34.4. The van der Waals surface area contributed by atoms with Gasteiger partial charge in [0.1, 0.15) is 0 Å². The number of hydrogen-bond donors (Lipinski definition) is 2. The number of carbonyl (C=O) groups excluding carboxylic acids is 2. The zero-order chi connectivity index (χ0) is 32.7. The summed E-state index contributed by atoms with van der Waals surface area (Å²) in [7, 11) is 3.53. The van der Waals surface area contributed by atoms with E-state index in [1.807, 2.05) is 36.4 Å². The Hall–Kier alpha value is -4.52. The number of ether oxygens (including phenoxy) is 2. The van der Waals surface area contributed by atoms with Crippen LogP contribution in [0.1, 0.15) is 58.1 Å². The molecule has 6 heteroatoms. The number of rotatable bonds is 16. The highest BCUT2D eigenvalue weighted by Crippen LogP contribution is 2.28. The van der Waals surface area contributed by atoms with Crippen LogP contribution in [0.15, 0.2) is 121 Å². The zero-order valence-electron chi connectivity index (χ0n) is 27.3. The van der Waals surface area contributed by atoms with Crippen molar-refractivity contribution in [2.24, 2.45) is 0 Å². The van der Waals surface area contributed by atoms with Crippen molar-refractivity contribution < 1.29 is 19.1 Å². The highest BCUT2D eigenvalue weighted by Gasteiger charge is 2.22. The lowest BCUT2D eigenvalue weighted by molar-refractivity contribution is -0.147. The third-order valence-electron chi connectivity index (χ3n) is 8.18. The minimum atomic E-state index is -0.610. The molecule has 46 heavy (non-hydrogen) atoms. The van der Waals surface area contributed by atoms with E-state index in [2.05, 4.69) is 97.3 Å². The van der Waals surface area contributed by atoms with Gasteiger partial charge in [0.15, 0.2) is 12.5 Å². The van der Waals surface area contributed by atoms with Crippen LogP contribution in [0.3, 0.4) is 0 Å². The molecule has 0 aromatic heterocycles. The highest BCUT2D eigenvalue weighted by molar-refractivity contribution is 5.91. The van der Waals surface area contributed by atoms with Crippen molar-refractivity contribution in [3.05, 3.63) is 155 Å². The predicted molar refractivity (Wildman–Crippen MR) is 184 cm³/mol. The smallest absolute Gasteiger partial charge is 0.332 e. The number of benzene rings is 4. The topological polar surface area (TPSA) is 76.7 Å². The SMILES string of the molecule is CNC(CC(Cc1cccc(C)c1)c1ccccc1)OC(=O)/C=C/C(=O)OC(CC(Cc1cccc(C)c1)c1ccccc1)NC. The number of carbonyl (C=O) groups is 2. The maximum Gasteiger partial charge on any atom is 0.332 e. The first-order valence-corrected chi connectivity index (χ1v) is 16.0. The molecule has 2 N–H and O–H groups in total. The van der Waals surface area contributed by atoms with Crippen LogP contribution >= 0.6 is 0 Å². The third-order valence-corrected chi connectivity index (χ3v) is 8.18. The summed E-state index contributed by atoms with van der Waals surface area (Å²) in [6, 6.07) is 37.4. The van der Waals surface area contributed by atoms with E-state index in [9.17, 15) is 9.59 Å². The number of nitrogens with one attached hydrogen (secondary N) is 2. The van der Waals surface area contributed by atoms with E-state index in [1.165, 1.54) is 33.4 Å². The molecule has 0 heterocycles. The van der Waals surface area contributed by atoms with Gasteiger partial charge in [0, 0.05) is 25.0 Å². The van der Waals surface area contributed by atoms with Crippen LogP contribution in [-0.2, 0) is 31.9 Å². The standard InChI is InChI=1S/C40H46N2O4/c1-29-13-11-15-31(23-29)25-35(33-17-7-5-8-18-33)27-37(41-3)45-39(43)21-22-40(44)46-38(42-4)28-36(34-19-9-6-10-20-34)26-32-16-12-14-30(2)24-32/h5-24,35-38,41-42H,25-28H2,1-4H3/b22-21+. The van der Waals surface area contributed by atoms with E-state index < -0.39 is 24.4 Å². The third kappa shape index (κ3) is 11.1. The molecule has 4 atom stereocenters. The molecule has 0 bridgehead atoms. The van der Waals surface area contributed by atoms with Crippen LogP contribution in [-0.4, -0.2) is 38.5 Å². The minimum absolute atomic E-state index is 0.121. The quantitative estimate of drug-likeness (QED) is 0.0788. The van der Waals surface area contributed by atoms with Crippen molar-refractivity contribution in [2.45, 2.75) is 63.8 Å². The molecule has 0 aliphatic rings. The Morgan fingerprint density at radius 3 is 1.33 bits per heavy atom. The summed E-state index contributed by atoms with van der Waals surface area (Å²) < 4.78 is 11.5. The molecule has 6 nitrogen and oxygen atoms in total. The fourth-order valence-electron chi connectivity index (χ4n) is 5.83. The number of esters is 2. The molecule has 0 saturated heterocycles. The van der Waals surface area contributed by atoms with Gasteiger partial charge in [-0.05, 0) is 74.9 Å². The van der Waals surface area contributed by atoms with Gasteiger partial charge in [0.25, 0.3) is 0 Å². The van der Waals surface area contributed by atoms with Gasteiger partial charge in [0.05, 0.1) is 0 Å². The first-order valence-electron chi connectivity index (χ1n) is 16.0. The average Bonchev–Trinajstić information content (AvgIpc) is 3.07. The van der Waals surface area contributed by atoms with Gasteiger partial charge in [-0.3, -0.25) is 10.6 Å². The molecule has 0 spiro atoms. The second-order valence-corrected chi connectivity index (χ2v) is 11.8. The lowest BCUT2D eigenvalue weighted by Crippen LogP contribution is -2.33. The second-order valence-electron chi connectivity index (χ2n) is 11.8. The molecule has 4 aromatic carbocycles. The Balaban J connectivity index is 1.36. The van der Waals surface area contributed by atoms with Crippen molar-refractivity contribution in [3.8, 4) is 0 Å². The Labute approximate surface area is 273 Å². The summed E-state index contributed by atoms with van der Waals surface area (Å²) in [5, 5.41) is 6.23. The van der Waals surface area contributed by atoms with Crippen molar-refractivity contribution in [2.75, 3.05) is 14.1 Å². The van der Waals surface area contributed by atoms with Gasteiger partial charge in [-0.15, -0.1) is 0 Å². The molecule has 0 aliphatic carbocycles. The molecule has 0 fully saturated rings. The van der Waals surface area contributed by atoms with Crippen LogP contribution in [0.5, 0.6) is 0 Å². The fourth-order valence-corrected chi connectivity index (χ4v) is 5.83. The Morgan fingerprint density at radius 1 is 0.587 bits per heavy atom. The summed E-state index contributed by atoms with van der Waals surface area (Å²) in [5.74, 6) is -0.977. The number of hydrogen-bond acceptors (Lipinski definition) is 6. The molecule has 240 valence electrons. The van der Waals surface area contributed by atoms with E-state index in [0.29, 0.717) is 12.8 Å². The summed E-state index contributed by atoms with van der Waals surface area (Å²) in [4.78, 5) is 25.6. The van der Waals surface area contributed by atoms with E-state index in [0.717, 1.165) is 25.0 Å². The molecule has 4 rings (SSSR count). The first-order chi connectivity index (χ1) is 22.3. The Kier molecular flexibility index (Phi) is 13.3. The van der Waals surface area contributed by atoms with Gasteiger partial charge >= 0.3 is 11.9 Å². The molecule has 0 radical (unpaired) electrons. The minimum Gasteiger partial charge on any atom is -0.443 e. The van der Waals surface area contributed by atoms with E-state index in [1.54, 1.807) is 14.1 Å². The average molecular weight is 619 g/mol. The van der Waals surface area contributed by atoms with Gasteiger partial charge in [0.2, 0.25) is 0 Å². The van der Waals surface area contributed by atoms with Crippen molar-refractivity contribution >= 4 is 11.9 Å². The highest BCUT2D eigenvalue weighted by atomic mass is 16.6. The summed E-state index contributed by atoms with van der Waals surface area (Å²) in [6.45, 7) is 4.17. The van der Waals surface area contributed by atoms with Crippen molar-refractivity contribution in [1.82, 2.24) is 10.6 Å². The van der Waals surface area contributed by atoms with E-state index >= 15 is 0 Å². The summed E-state index contributed by atoms with van der Waals surface area (Å²) >= 11 is 0. The van der Waals surface area contributed by atoms with Crippen molar-refractivity contribution in [1.29, 1.82) is 0 Å². The van der Waals surface area contributed by atoms with Crippen LogP contribution in [0.4, 0.5) is 0 Å². The largest absolute Gasteiger partial charge is 0.443 e. The molecular weight excluding hydrogens is 572 g/mol. The molecule has 4 aromatic rings. The van der Waals surface area contributed by atoms with Crippen molar-refractivity contribution in [3.63, 3.8) is 0 Å². The van der Waals surface area contributed by atoms with Gasteiger partial charge in [-0.2, -0.15) is 0 Å². The number of aryl methyl sites for hydroxylation is 2. The lowest BCUT2D eigenvalue weighted by atomic mass is 9.88. The maximum absolute atomic E-state index is 12.8. The predicted octanol–water partition coefficient (Wildman–Crippen LogP) is 7.17. The van der Waals surface area contributed by atoms with Crippen LogP contribution in [0.25, 0.3) is 0 Å². The van der Waals surface area contributed by atoms with Crippen LogP contribution < -0.4 is 10.6 Å². The Bertz CT molecular complexity index is 1440. The Morgan fingerprint density at radius 2 is 0.978 bits per heavy atom. The van der Waals surface area contributed by atoms with Gasteiger partial charge in [-0.25, -0.2) is 9.59 Å². The van der Waals surface area contributed by atoms with E-state index in [-0.39, 0.29) is 11.8 Å². The van der Waals surface area contributed by atoms with E-state index in [4.69, 9.17) is 9.47 Å². The van der Waals surface area contributed by atoms with Crippen LogP contribution in [0.2, 0.25) is 0 Å². The van der Waals surface area contributed by atoms with Crippen LogP contribution in [0, 0.1) is 13.8 Å². The fraction of sp³-hybridized carbons (Fsp3) is 0.300. The monoisotopic (exact) mass is 618 g/mol. The molecule has 0 saturated carbocycles. The maximum atomic E-state index is 12.8. The normalized spacial score (nSPS) is 13.9.